The molecule has 6 rings (SSSR count). The summed E-state index contributed by atoms with van der Waals surface area (Å²) in [5.74, 6) is -0.139. The van der Waals surface area contributed by atoms with Gasteiger partial charge in [-0.05, 0) is 86.3 Å². The van der Waals surface area contributed by atoms with E-state index < -0.39 is 0 Å². The Bertz CT molecular complexity index is 1800. The van der Waals surface area contributed by atoms with Gasteiger partial charge in [0.25, 0.3) is 23.3 Å². The van der Waals surface area contributed by atoms with E-state index in [9.17, 15) is 19.2 Å². The van der Waals surface area contributed by atoms with Crippen LogP contribution in [0.1, 0.15) is 64.8 Å². The second kappa shape index (κ2) is 13.3. The Hall–Kier alpha value is -5.03. The van der Waals surface area contributed by atoms with Crippen molar-refractivity contribution in [3.63, 3.8) is 0 Å². The Morgan fingerprint density at radius 1 is 0.978 bits per heavy atom. The monoisotopic (exact) mass is 608 g/mol. The fourth-order valence-corrected chi connectivity index (χ4v) is 5.46. The van der Waals surface area contributed by atoms with Crippen molar-refractivity contribution in [1.82, 2.24) is 14.5 Å². The molecule has 0 atom stereocenters. The Labute approximate surface area is 260 Å². The van der Waals surface area contributed by atoms with Crippen LogP contribution in [-0.2, 0) is 17.9 Å². The molecular formula is C34H36N6O5. The van der Waals surface area contributed by atoms with E-state index in [0.717, 1.165) is 44.1 Å². The number of unbranched alkanes of at least 4 members (excludes halogenated alkanes) is 3. The molecule has 2 aliphatic rings. The van der Waals surface area contributed by atoms with Gasteiger partial charge in [-0.3, -0.25) is 23.7 Å². The molecule has 0 bridgehead atoms. The van der Waals surface area contributed by atoms with Crippen LogP contribution in [0, 0.1) is 0 Å². The minimum Gasteiger partial charge on any atom is -0.482 e. The van der Waals surface area contributed by atoms with Crippen LogP contribution in [0.4, 0.5) is 11.4 Å². The first-order valence-corrected chi connectivity index (χ1v) is 15.4. The van der Waals surface area contributed by atoms with Gasteiger partial charge in [-0.15, -0.1) is 0 Å². The van der Waals surface area contributed by atoms with Crippen molar-refractivity contribution in [3.05, 3.63) is 94.0 Å². The van der Waals surface area contributed by atoms with Gasteiger partial charge in [-0.25, -0.2) is 4.98 Å². The minimum absolute atomic E-state index is 0.0771. The SMILES string of the molecule is NCCCCCCn1cnc2cc(NC(=O)c3ccc(CN(C(=O)c4ccc5c(c4)OCC(=O)N5)C4CC4)cc3)ccc2c1=O. The zero-order valence-corrected chi connectivity index (χ0v) is 25.0. The number of carbonyl (C=O) groups is 3. The maximum atomic E-state index is 13.5. The van der Waals surface area contributed by atoms with Crippen LogP contribution in [0.15, 0.2) is 71.8 Å². The molecule has 1 fully saturated rings. The molecule has 4 aromatic rings. The first-order chi connectivity index (χ1) is 21.9. The van der Waals surface area contributed by atoms with Crippen molar-refractivity contribution in [3.8, 4) is 5.75 Å². The number of nitrogens with two attached hydrogens (primary N) is 1. The summed E-state index contributed by atoms with van der Waals surface area (Å²) in [6, 6.07) is 17.5. The highest BCUT2D eigenvalue weighted by Gasteiger charge is 2.33. The molecule has 1 aliphatic heterocycles. The summed E-state index contributed by atoms with van der Waals surface area (Å²) in [5.41, 5.74) is 8.93. The third kappa shape index (κ3) is 7.04. The molecule has 11 nitrogen and oxygen atoms in total. The highest BCUT2D eigenvalue weighted by molar-refractivity contribution is 6.05. The number of carbonyl (C=O) groups excluding carboxylic acids is 3. The number of aryl methyl sites for hydroxylation is 1. The fraction of sp³-hybridized carbons (Fsp3) is 0.324. The smallest absolute Gasteiger partial charge is 0.262 e. The lowest BCUT2D eigenvalue weighted by atomic mass is 10.1. The Morgan fingerprint density at radius 3 is 2.53 bits per heavy atom. The number of hydrogen-bond acceptors (Lipinski definition) is 7. The van der Waals surface area contributed by atoms with E-state index in [-0.39, 0.29) is 35.9 Å². The zero-order valence-electron chi connectivity index (χ0n) is 25.0. The molecule has 1 saturated carbocycles. The average molecular weight is 609 g/mol. The number of rotatable bonds is 12. The molecule has 3 amide bonds. The molecule has 3 aromatic carbocycles. The molecule has 0 radical (unpaired) electrons. The highest BCUT2D eigenvalue weighted by Crippen LogP contribution is 2.33. The summed E-state index contributed by atoms with van der Waals surface area (Å²) >= 11 is 0. The number of hydrogen-bond donors (Lipinski definition) is 3. The van der Waals surface area contributed by atoms with Gasteiger partial charge in [0.15, 0.2) is 6.61 Å². The standard InChI is InChI=1S/C34H36N6O5/c35-15-3-1-2-4-16-39-21-36-29-18-25(10-13-27(29)34(39)44)37-32(42)23-7-5-22(6-8-23)19-40(26-11-12-26)33(43)24-9-14-28-30(17-24)45-20-31(41)38-28/h5-10,13-14,17-18,21,26H,1-4,11-12,15-16,19-20,35H2,(H,37,42)(H,38,41). The zero-order chi connectivity index (χ0) is 31.3. The Balaban J connectivity index is 1.08. The number of fused-ring (bicyclic) bond motifs is 2. The van der Waals surface area contributed by atoms with Crippen LogP contribution < -0.4 is 26.7 Å². The lowest BCUT2D eigenvalue weighted by Crippen LogP contribution is -2.33. The summed E-state index contributed by atoms with van der Waals surface area (Å²) in [4.78, 5) is 57.3. The van der Waals surface area contributed by atoms with Crippen molar-refractivity contribution in [2.45, 2.75) is 57.7 Å². The van der Waals surface area contributed by atoms with Crippen molar-refractivity contribution in [2.75, 3.05) is 23.8 Å². The van der Waals surface area contributed by atoms with Gasteiger partial charge < -0.3 is 26.0 Å². The largest absolute Gasteiger partial charge is 0.482 e. The number of amides is 3. The summed E-state index contributed by atoms with van der Waals surface area (Å²) < 4.78 is 7.12. The van der Waals surface area contributed by atoms with Crippen LogP contribution >= 0.6 is 0 Å². The molecule has 1 aromatic heterocycles. The molecule has 0 unspecified atom stereocenters. The summed E-state index contributed by atoms with van der Waals surface area (Å²) in [5, 5.41) is 6.14. The number of aromatic nitrogens is 2. The second-order valence-corrected chi connectivity index (χ2v) is 11.5. The van der Waals surface area contributed by atoms with E-state index in [1.807, 2.05) is 17.0 Å². The maximum absolute atomic E-state index is 13.5. The van der Waals surface area contributed by atoms with E-state index in [4.69, 9.17) is 10.5 Å². The number of benzene rings is 3. The maximum Gasteiger partial charge on any atom is 0.262 e. The van der Waals surface area contributed by atoms with Crippen molar-refractivity contribution < 1.29 is 19.1 Å². The van der Waals surface area contributed by atoms with E-state index >= 15 is 0 Å². The molecular weight excluding hydrogens is 572 g/mol. The number of nitrogens with zero attached hydrogens (tertiary/aromatic N) is 3. The normalized spacial score (nSPS) is 13.9. The molecule has 2 heterocycles. The number of ether oxygens (including phenoxy) is 1. The van der Waals surface area contributed by atoms with Crippen LogP contribution in [0.2, 0.25) is 0 Å². The van der Waals surface area contributed by atoms with Gasteiger partial charge in [0.2, 0.25) is 0 Å². The number of nitrogens with one attached hydrogen (secondary N) is 2. The molecule has 0 saturated heterocycles. The second-order valence-electron chi connectivity index (χ2n) is 11.5. The van der Waals surface area contributed by atoms with Gasteiger partial charge in [-0.1, -0.05) is 25.0 Å². The third-order valence-corrected chi connectivity index (χ3v) is 8.12. The highest BCUT2D eigenvalue weighted by atomic mass is 16.5. The van der Waals surface area contributed by atoms with Crippen molar-refractivity contribution in [2.24, 2.45) is 5.73 Å². The lowest BCUT2D eigenvalue weighted by Gasteiger charge is -2.24. The van der Waals surface area contributed by atoms with Crippen LogP contribution in [0.25, 0.3) is 10.9 Å². The average Bonchev–Trinajstić information content (AvgIpc) is 3.90. The van der Waals surface area contributed by atoms with E-state index in [2.05, 4.69) is 15.6 Å². The van der Waals surface area contributed by atoms with Crippen molar-refractivity contribution >= 4 is 40.0 Å². The van der Waals surface area contributed by atoms with Gasteiger partial charge in [0, 0.05) is 35.9 Å². The fourth-order valence-electron chi connectivity index (χ4n) is 5.46. The summed E-state index contributed by atoms with van der Waals surface area (Å²) in [6.45, 7) is 1.62. The summed E-state index contributed by atoms with van der Waals surface area (Å²) in [6.07, 6.45) is 7.37. The van der Waals surface area contributed by atoms with Crippen LogP contribution in [-0.4, -0.2) is 51.4 Å². The first kappa shape index (κ1) is 30.0. The molecule has 11 heteroatoms. The van der Waals surface area contributed by atoms with E-state index in [1.54, 1.807) is 59.4 Å². The van der Waals surface area contributed by atoms with Gasteiger partial charge in [0.1, 0.15) is 5.75 Å². The van der Waals surface area contributed by atoms with Crippen LogP contribution in [0.3, 0.4) is 0 Å². The molecule has 1 aliphatic carbocycles. The van der Waals surface area contributed by atoms with Gasteiger partial charge in [0.05, 0.1) is 22.9 Å². The third-order valence-electron chi connectivity index (χ3n) is 8.12. The summed E-state index contributed by atoms with van der Waals surface area (Å²) in [7, 11) is 0. The lowest BCUT2D eigenvalue weighted by molar-refractivity contribution is -0.118. The van der Waals surface area contributed by atoms with Gasteiger partial charge >= 0.3 is 0 Å². The van der Waals surface area contributed by atoms with Crippen molar-refractivity contribution in [1.29, 1.82) is 0 Å². The Kier molecular flexibility index (Phi) is 8.88. The van der Waals surface area contributed by atoms with Gasteiger partial charge in [-0.2, -0.15) is 0 Å². The minimum atomic E-state index is -0.289. The first-order valence-electron chi connectivity index (χ1n) is 15.4. The van der Waals surface area contributed by atoms with E-state index in [0.29, 0.717) is 58.8 Å². The predicted molar refractivity (Wildman–Crippen MR) is 171 cm³/mol. The molecule has 45 heavy (non-hydrogen) atoms. The Morgan fingerprint density at radius 2 is 1.76 bits per heavy atom. The quantitative estimate of drug-likeness (QED) is 0.203. The molecule has 4 N–H and O–H groups in total. The molecule has 0 spiro atoms. The topological polar surface area (TPSA) is 149 Å². The van der Waals surface area contributed by atoms with Crippen LogP contribution in [0.5, 0.6) is 5.75 Å². The number of anilines is 2. The van der Waals surface area contributed by atoms with E-state index in [1.165, 1.54) is 0 Å². The molecule has 232 valence electrons. The predicted octanol–water partition coefficient (Wildman–Crippen LogP) is 4.30.